The Morgan fingerprint density at radius 2 is 1.73 bits per heavy atom. The third kappa shape index (κ3) is 5.12. The van der Waals surface area contributed by atoms with Crippen LogP contribution in [0, 0.1) is 6.92 Å². The van der Waals surface area contributed by atoms with Gasteiger partial charge in [-0.25, -0.2) is 4.98 Å². The van der Waals surface area contributed by atoms with Gasteiger partial charge in [-0.3, -0.25) is 0 Å². The van der Waals surface area contributed by atoms with E-state index in [2.05, 4.69) is 70.4 Å². The van der Waals surface area contributed by atoms with E-state index in [1.165, 1.54) is 16.8 Å². The van der Waals surface area contributed by atoms with E-state index in [4.69, 9.17) is 9.72 Å². The Labute approximate surface area is 183 Å². The predicted octanol–water partition coefficient (Wildman–Crippen LogP) is 4.42. The maximum atomic E-state index is 5.40. The van der Waals surface area contributed by atoms with Gasteiger partial charge in [0.25, 0.3) is 0 Å². The zero-order valence-corrected chi connectivity index (χ0v) is 18.9. The number of aryl methyl sites for hydroxylation is 1. The van der Waals surface area contributed by atoms with Crippen molar-refractivity contribution in [1.82, 2.24) is 9.88 Å². The standard InChI is InChI=1S/C24H30N4OS/c1-19-18-30-24(25-19)28(17-21-5-4-6-23(15-21)29-3)16-20-7-9-22(10-8-20)27-13-11-26(2)12-14-27/h4-10,15,18H,11-14,16-17H2,1-3H3. The molecule has 1 saturated heterocycles. The molecule has 0 atom stereocenters. The summed E-state index contributed by atoms with van der Waals surface area (Å²) in [4.78, 5) is 11.9. The van der Waals surface area contributed by atoms with Crippen LogP contribution in [0.15, 0.2) is 53.9 Å². The summed E-state index contributed by atoms with van der Waals surface area (Å²) in [6.45, 7) is 8.11. The molecule has 6 heteroatoms. The lowest BCUT2D eigenvalue weighted by molar-refractivity contribution is 0.313. The number of nitrogens with zero attached hydrogens (tertiary/aromatic N) is 4. The van der Waals surface area contributed by atoms with Gasteiger partial charge >= 0.3 is 0 Å². The molecule has 5 nitrogen and oxygen atoms in total. The van der Waals surface area contributed by atoms with Crippen molar-refractivity contribution >= 4 is 22.2 Å². The van der Waals surface area contributed by atoms with E-state index in [1.54, 1.807) is 18.4 Å². The van der Waals surface area contributed by atoms with Gasteiger partial charge in [0.1, 0.15) is 5.75 Å². The lowest BCUT2D eigenvalue weighted by Gasteiger charge is -2.34. The van der Waals surface area contributed by atoms with Crippen molar-refractivity contribution in [2.45, 2.75) is 20.0 Å². The van der Waals surface area contributed by atoms with E-state index in [9.17, 15) is 0 Å². The van der Waals surface area contributed by atoms with E-state index in [0.29, 0.717) is 0 Å². The van der Waals surface area contributed by atoms with Crippen LogP contribution in [0.4, 0.5) is 10.8 Å². The number of thiazole rings is 1. The fourth-order valence-corrected chi connectivity index (χ4v) is 4.57. The van der Waals surface area contributed by atoms with Crippen LogP contribution in [-0.4, -0.2) is 50.2 Å². The second kappa shape index (κ2) is 9.49. The molecule has 30 heavy (non-hydrogen) atoms. The molecular formula is C24H30N4OS. The maximum Gasteiger partial charge on any atom is 0.186 e. The van der Waals surface area contributed by atoms with Gasteiger partial charge in [-0.1, -0.05) is 24.3 Å². The van der Waals surface area contributed by atoms with Crippen LogP contribution >= 0.6 is 11.3 Å². The summed E-state index contributed by atoms with van der Waals surface area (Å²) in [5.41, 5.74) is 4.90. The van der Waals surface area contributed by atoms with Gasteiger partial charge in [0.2, 0.25) is 0 Å². The number of anilines is 2. The highest BCUT2D eigenvalue weighted by Gasteiger charge is 2.16. The number of methoxy groups -OCH3 is 1. The first-order valence-electron chi connectivity index (χ1n) is 10.4. The summed E-state index contributed by atoms with van der Waals surface area (Å²) in [5, 5.41) is 3.17. The van der Waals surface area contributed by atoms with Gasteiger partial charge in [-0.15, -0.1) is 11.3 Å². The van der Waals surface area contributed by atoms with Crippen LogP contribution < -0.4 is 14.5 Å². The van der Waals surface area contributed by atoms with Gasteiger partial charge < -0.3 is 19.4 Å². The van der Waals surface area contributed by atoms with Crippen molar-refractivity contribution in [2.24, 2.45) is 0 Å². The second-order valence-electron chi connectivity index (χ2n) is 7.94. The third-order valence-electron chi connectivity index (χ3n) is 5.56. The fourth-order valence-electron chi connectivity index (χ4n) is 3.77. The lowest BCUT2D eigenvalue weighted by Crippen LogP contribution is -2.44. The molecule has 0 aliphatic carbocycles. The largest absolute Gasteiger partial charge is 0.497 e. The summed E-state index contributed by atoms with van der Waals surface area (Å²) < 4.78 is 5.40. The summed E-state index contributed by atoms with van der Waals surface area (Å²) in [6, 6.07) is 17.3. The monoisotopic (exact) mass is 422 g/mol. The molecule has 0 unspecified atom stereocenters. The Kier molecular flexibility index (Phi) is 6.55. The molecule has 2 aromatic carbocycles. The van der Waals surface area contributed by atoms with Gasteiger partial charge in [0.15, 0.2) is 5.13 Å². The minimum absolute atomic E-state index is 0.796. The van der Waals surface area contributed by atoms with E-state index in [1.807, 2.05) is 12.1 Å². The summed E-state index contributed by atoms with van der Waals surface area (Å²) >= 11 is 1.70. The van der Waals surface area contributed by atoms with Crippen molar-refractivity contribution in [3.63, 3.8) is 0 Å². The molecule has 0 radical (unpaired) electrons. The summed E-state index contributed by atoms with van der Waals surface area (Å²) in [5.74, 6) is 0.888. The number of piperazine rings is 1. The fraction of sp³-hybridized carbons (Fsp3) is 0.375. The number of hydrogen-bond acceptors (Lipinski definition) is 6. The van der Waals surface area contributed by atoms with Crippen LogP contribution in [0.3, 0.4) is 0 Å². The van der Waals surface area contributed by atoms with Gasteiger partial charge in [-0.2, -0.15) is 0 Å². The van der Waals surface area contributed by atoms with Crippen molar-refractivity contribution in [2.75, 3.05) is 50.1 Å². The van der Waals surface area contributed by atoms with Crippen LogP contribution in [0.1, 0.15) is 16.8 Å². The third-order valence-corrected chi connectivity index (χ3v) is 6.58. The van der Waals surface area contributed by atoms with Crippen LogP contribution in [0.25, 0.3) is 0 Å². The molecule has 1 aliphatic heterocycles. The number of likely N-dealkylation sites (N-methyl/N-ethyl adjacent to an activating group) is 1. The summed E-state index contributed by atoms with van der Waals surface area (Å²) in [6.07, 6.45) is 0. The highest BCUT2D eigenvalue weighted by Crippen LogP contribution is 2.26. The first-order chi connectivity index (χ1) is 14.6. The van der Waals surface area contributed by atoms with Gasteiger partial charge in [0, 0.05) is 50.3 Å². The van der Waals surface area contributed by atoms with Crippen molar-refractivity contribution in [1.29, 1.82) is 0 Å². The van der Waals surface area contributed by atoms with Crippen LogP contribution in [0.2, 0.25) is 0 Å². The molecule has 1 aliphatic rings. The number of ether oxygens (including phenoxy) is 1. The molecule has 0 N–H and O–H groups in total. The van der Waals surface area contributed by atoms with Crippen molar-refractivity contribution in [3.05, 3.63) is 70.7 Å². The Morgan fingerprint density at radius 3 is 2.40 bits per heavy atom. The Morgan fingerprint density at radius 1 is 1.00 bits per heavy atom. The first-order valence-corrected chi connectivity index (χ1v) is 11.3. The number of benzene rings is 2. The zero-order valence-electron chi connectivity index (χ0n) is 18.0. The maximum absolute atomic E-state index is 5.40. The van der Waals surface area contributed by atoms with Crippen LogP contribution in [-0.2, 0) is 13.1 Å². The predicted molar refractivity (Wildman–Crippen MR) is 126 cm³/mol. The lowest BCUT2D eigenvalue weighted by atomic mass is 10.1. The van der Waals surface area contributed by atoms with Gasteiger partial charge in [-0.05, 0) is 49.4 Å². The minimum Gasteiger partial charge on any atom is -0.497 e. The molecule has 1 fully saturated rings. The van der Waals surface area contributed by atoms with Crippen molar-refractivity contribution in [3.8, 4) is 5.75 Å². The highest BCUT2D eigenvalue weighted by atomic mass is 32.1. The second-order valence-corrected chi connectivity index (χ2v) is 8.77. The van der Waals surface area contributed by atoms with Crippen molar-refractivity contribution < 1.29 is 4.74 Å². The minimum atomic E-state index is 0.796. The Bertz CT molecular complexity index is 948. The van der Waals surface area contributed by atoms with E-state index < -0.39 is 0 Å². The smallest absolute Gasteiger partial charge is 0.186 e. The van der Waals surface area contributed by atoms with Crippen LogP contribution in [0.5, 0.6) is 5.75 Å². The molecule has 2 heterocycles. The molecular weight excluding hydrogens is 392 g/mol. The molecule has 4 rings (SSSR count). The topological polar surface area (TPSA) is 31.8 Å². The Balaban J connectivity index is 1.50. The molecule has 158 valence electrons. The van der Waals surface area contributed by atoms with E-state index in [0.717, 1.165) is 55.8 Å². The molecule has 3 aromatic rings. The zero-order chi connectivity index (χ0) is 20.9. The quantitative estimate of drug-likeness (QED) is 0.563. The average Bonchev–Trinajstić information content (AvgIpc) is 3.21. The molecule has 0 bridgehead atoms. The van der Waals surface area contributed by atoms with Gasteiger partial charge in [0.05, 0.1) is 12.8 Å². The molecule has 0 amide bonds. The molecule has 1 aromatic heterocycles. The first kappa shape index (κ1) is 20.7. The highest BCUT2D eigenvalue weighted by molar-refractivity contribution is 7.13. The van der Waals surface area contributed by atoms with E-state index in [-0.39, 0.29) is 0 Å². The average molecular weight is 423 g/mol. The van der Waals surface area contributed by atoms with E-state index >= 15 is 0 Å². The molecule has 0 spiro atoms. The Hall–Kier alpha value is -2.57. The SMILES string of the molecule is COc1cccc(CN(Cc2ccc(N3CCN(C)CC3)cc2)c2nc(C)cs2)c1. The normalized spacial score (nSPS) is 14.7. The number of hydrogen-bond donors (Lipinski definition) is 0. The summed E-state index contributed by atoms with van der Waals surface area (Å²) in [7, 11) is 3.90. The molecule has 0 saturated carbocycles. The number of aromatic nitrogens is 1. The number of rotatable bonds is 7.